The van der Waals surface area contributed by atoms with Gasteiger partial charge in [0.1, 0.15) is 11.6 Å². The van der Waals surface area contributed by atoms with Gasteiger partial charge in [0.2, 0.25) is 0 Å². The van der Waals surface area contributed by atoms with Crippen LogP contribution in [0.4, 0.5) is 15.9 Å². The number of aromatic nitrogens is 1. The number of rotatable bonds is 3. The van der Waals surface area contributed by atoms with Crippen LogP contribution in [0.5, 0.6) is 0 Å². The van der Waals surface area contributed by atoms with Crippen molar-refractivity contribution in [3.8, 4) is 0 Å². The first-order valence-electron chi connectivity index (χ1n) is 4.98. The number of hydrogen-bond donors (Lipinski definition) is 2. The molecule has 0 radical (unpaired) electrons. The summed E-state index contributed by atoms with van der Waals surface area (Å²) < 4.78 is 39.1. The lowest BCUT2D eigenvalue weighted by molar-refractivity contribution is 0.600. The molecule has 3 N–H and O–H groups in total. The SMILES string of the molecule is Nc1cc(S(=O)(=O)Nc2ccccn2)ccc1F. The second kappa shape index (κ2) is 4.61. The summed E-state index contributed by atoms with van der Waals surface area (Å²) in [5.74, 6) is -0.479. The minimum Gasteiger partial charge on any atom is -0.396 e. The van der Waals surface area contributed by atoms with Crippen LogP contribution in [0.3, 0.4) is 0 Å². The molecule has 0 saturated heterocycles. The zero-order chi connectivity index (χ0) is 13.2. The molecule has 2 rings (SSSR count). The van der Waals surface area contributed by atoms with Gasteiger partial charge in [-0.2, -0.15) is 0 Å². The van der Waals surface area contributed by atoms with E-state index in [0.29, 0.717) is 0 Å². The Labute approximate surface area is 104 Å². The first-order valence-corrected chi connectivity index (χ1v) is 6.46. The van der Waals surface area contributed by atoms with E-state index in [1.54, 1.807) is 12.1 Å². The molecule has 0 unspecified atom stereocenters. The van der Waals surface area contributed by atoms with Crippen LogP contribution in [-0.2, 0) is 10.0 Å². The number of nitrogens with one attached hydrogen (secondary N) is 1. The standard InChI is InChI=1S/C11H10FN3O2S/c12-9-5-4-8(7-10(9)13)18(16,17)15-11-3-1-2-6-14-11/h1-7H,13H2,(H,14,15). The van der Waals surface area contributed by atoms with Gasteiger partial charge >= 0.3 is 0 Å². The van der Waals surface area contributed by atoms with Crippen LogP contribution in [0.1, 0.15) is 0 Å². The van der Waals surface area contributed by atoms with Gasteiger partial charge in [0, 0.05) is 6.20 Å². The highest BCUT2D eigenvalue weighted by molar-refractivity contribution is 7.92. The molecule has 1 aromatic carbocycles. The van der Waals surface area contributed by atoms with Gasteiger partial charge in [-0.25, -0.2) is 17.8 Å². The Morgan fingerprint density at radius 3 is 2.61 bits per heavy atom. The van der Waals surface area contributed by atoms with Crippen LogP contribution in [0.2, 0.25) is 0 Å². The third-order valence-corrected chi connectivity index (χ3v) is 3.53. The third kappa shape index (κ3) is 2.57. The van der Waals surface area contributed by atoms with Crippen LogP contribution in [0.25, 0.3) is 0 Å². The summed E-state index contributed by atoms with van der Waals surface area (Å²) in [4.78, 5) is 3.72. The van der Waals surface area contributed by atoms with Crippen LogP contribution in [0.15, 0.2) is 47.5 Å². The Morgan fingerprint density at radius 2 is 2.00 bits per heavy atom. The van der Waals surface area contributed by atoms with Crippen molar-refractivity contribution in [3.05, 3.63) is 48.4 Å². The number of anilines is 2. The minimum absolute atomic E-state index is 0.118. The fourth-order valence-electron chi connectivity index (χ4n) is 1.31. The van der Waals surface area contributed by atoms with E-state index in [1.165, 1.54) is 12.3 Å². The maximum absolute atomic E-state index is 13.0. The maximum Gasteiger partial charge on any atom is 0.263 e. The number of hydrogen-bond acceptors (Lipinski definition) is 4. The molecule has 0 aliphatic rings. The second-order valence-electron chi connectivity index (χ2n) is 3.50. The van der Waals surface area contributed by atoms with Crippen molar-refractivity contribution in [3.63, 3.8) is 0 Å². The van der Waals surface area contributed by atoms with Gasteiger partial charge in [0.25, 0.3) is 10.0 Å². The van der Waals surface area contributed by atoms with E-state index in [4.69, 9.17) is 5.73 Å². The smallest absolute Gasteiger partial charge is 0.263 e. The molecular formula is C11H10FN3O2S. The van der Waals surface area contributed by atoms with Gasteiger partial charge in [-0.15, -0.1) is 0 Å². The number of nitrogen functional groups attached to an aromatic ring is 1. The molecule has 2 aromatic rings. The number of benzene rings is 1. The summed E-state index contributed by atoms with van der Waals surface area (Å²) in [5.41, 5.74) is 5.10. The first kappa shape index (κ1) is 12.3. The quantitative estimate of drug-likeness (QED) is 0.827. The van der Waals surface area contributed by atoms with Crippen molar-refractivity contribution >= 4 is 21.5 Å². The first-order chi connectivity index (χ1) is 8.49. The molecule has 0 amide bonds. The maximum atomic E-state index is 13.0. The molecule has 5 nitrogen and oxygen atoms in total. The molecule has 7 heteroatoms. The Hall–Kier alpha value is -2.15. The molecule has 18 heavy (non-hydrogen) atoms. The molecular weight excluding hydrogens is 257 g/mol. The molecule has 1 aromatic heterocycles. The Bertz CT molecular complexity index is 659. The molecule has 0 fully saturated rings. The molecule has 1 heterocycles. The summed E-state index contributed by atoms with van der Waals surface area (Å²) in [7, 11) is -3.81. The van der Waals surface area contributed by atoms with Gasteiger partial charge < -0.3 is 5.73 Å². The van der Waals surface area contributed by atoms with Crippen molar-refractivity contribution in [2.24, 2.45) is 0 Å². The van der Waals surface area contributed by atoms with E-state index in [1.807, 2.05) is 0 Å². The molecule has 0 atom stereocenters. The normalized spacial score (nSPS) is 11.2. The van der Waals surface area contributed by atoms with Crippen molar-refractivity contribution in [1.29, 1.82) is 0 Å². The number of pyridine rings is 1. The Kier molecular flexibility index (Phi) is 3.15. The summed E-state index contributed by atoms with van der Waals surface area (Å²) in [6, 6.07) is 8.00. The highest BCUT2D eigenvalue weighted by Crippen LogP contribution is 2.18. The topological polar surface area (TPSA) is 85.1 Å². The third-order valence-electron chi connectivity index (χ3n) is 2.18. The summed E-state index contributed by atoms with van der Waals surface area (Å²) >= 11 is 0. The molecule has 0 aliphatic carbocycles. The zero-order valence-electron chi connectivity index (χ0n) is 9.17. The number of sulfonamides is 1. The van der Waals surface area contributed by atoms with E-state index in [2.05, 4.69) is 9.71 Å². The van der Waals surface area contributed by atoms with Gasteiger partial charge in [-0.3, -0.25) is 4.72 Å². The predicted octanol–water partition coefficient (Wildman–Crippen LogP) is 1.60. The van der Waals surface area contributed by atoms with Crippen LogP contribution in [-0.4, -0.2) is 13.4 Å². The number of nitrogens with two attached hydrogens (primary N) is 1. The summed E-state index contributed by atoms with van der Waals surface area (Å²) in [6.45, 7) is 0. The Balaban J connectivity index is 2.34. The van der Waals surface area contributed by atoms with E-state index in [9.17, 15) is 12.8 Å². The van der Waals surface area contributed by atoms with E-state index in [0.717, 1.165) is 18.2 Å². The average Bonchev–Trinajstić information content (AvgIpc) is 2.33. The van der Waals surface area contributed by atoms with Gasteiger partial charge in [0.05, 0.1) is 10.6 Å². The fraction of sp³-hybridized carbons (Fsp3) is 0. The van der Waals surface area contributed by atoms with Crippen LogP contribution in [0, 0.1) is 5.82 Å². The highest BCUT2D eigenvalue weighted by Gasteiger charge is 2.15. The van der Waals surface area contributed by atoms with E-state index >= 15 is 0 Å². The molecule has 0 spiro atoms. The second-order valence-corrected chi connectivity index (χ2v) is 5.19. The summed E-state index contributed by atoms with van der Waals surface area (Å²) in [5, 5.41) is 0. The predicted molar refractivity (Wildman–Crippen MR) is 65.9 cm³/mol. The monoisotopic (exact) mass is 267 g/mol. The van der Waals surface area contributed by atoms with E-state index in [-0.39, 0.29) is 16.4 Å². The van der Waals surface area contributed by atoms with Crippen molar-refractivity contribution in [2.75, 3.05) is 10.5 Å². The largest absolute Gasteiger partial charge is 0.396 e. The molecule has 0 aliphatic heterocycles. The number of halogens is 1. The number of nitrogens with zero attached hydrogens (tertiary/aromatic N) is 1. The fourth-order valence-corrected chi connectivity index (χ4v) is 2.35. The lowest BCUT2D eigenvalue weighted by atomic mass is 10.3. The summed E-state index contributed by atoms with van der Waals surface area (Å²) in [6.07, 6.45) is 1.46. The van der Waals surface area contributed by atoms with Gasteiger partial charge in [0.15, 0.2) is 0 Å². The highest BCUT2D eigenvalue weighted by atomic mass is 32.2. The van der Waals surface area contributed by atoms with E-state index < -0.39 is 15.8 Å². The van der Waals surface area contributed by atoms with Crippen molar-refractivity contribution < 1.29 is 12.8 Å². The van der Waals surface area contributed by atoms with Crippen molar-refractivity contribution in [1.82, 2.24) is 4.98 Å². The molecule has 0 saturated carbocycles. The molecule has 94 valence electrons. The lowest BCUT2D eigenvalue weighted by Crippen LogP contribution is -2.14. The molecule has 0 bridgehead atoms. The lowest BCUT2D eigenvalue weighted by Gasteiger charge is -2.07. The van der Waals surface area contributed by atoms with Crippen molar-refractivity contribution in [2.45, 2.75) is 4.90 Å². The zero-order valence-corrected chi connectivity index (χ0v) is 9.99. The van der Waals surface area contributed by atoms with Gasteiger partial charge in [-0.05, 0) is 30.3 Å². The minimum atomic E-state index is -3.81. The van der Waals surface area contributed by atoms with Gasteiger partial charge in [-0.1, -0.05) is 6.07 Å². The Morgan fingerprint density at radius 1 is 1.22 bits per heavy atom. The van der Waals surface area contributed by atoms with Crippen LogP contribution < -0.4 is 10.5 Å². The average molecular weight is 267 g/mol. The van der Waals surface area contributed by atoms with Crippen LogP contribution >= 0.6 is 0 Å².